The minimum absolute atomic E-state index is 0. The molecule has 0 aromatic heterocycles. The van der Waals surface area contributed by atoms with Gasteiger partial charge in [-0.15, -0.1) is 25.5 Å². The Kier molecular flexibility index (Phi) is 22.9. The minimum Gasteiger partial charge on any atom is -0.687 e. The second-order valence-corrected chi connectivity index (χ2v) is 6.37. The fourth-order valence-corrected chi connectivity index (χ4v) is 2.44. The van der Waals surface area contributed by atoms with Crippen molar-refractivity contribution < 1.29 is 32.7 Å². The van der Waals surface area contributed by atoms with Crippen molar-refractivity contribution in [3.05, 3.63) is 92.0 Å². The van der Waals surface area contributed by atoms with E-state index in [1.165, 1.54) is 0 Å². The predicted molar refractivity (Wildman–Crippen MR) is 142 cm³/mol. The minimum atomic E-state index is 0. The molecule has 33 heavy (non-hydrogen) atoms. The second-order valence-electron chi connectivity index (χ2n) is 6.37. The molecule has 0 aliphatic rings. The summed E-state index contributed by atoms with van der Waals surface area (Å²) in [4.78, 5) is 3.36. The molecule has 2 rings (SSSR count). The average Bonchev–Trinajstić information content (AvgIpc) is 2.84. The summed E-state index contributed by atoms with van der Waals surface area (Å²) in [6.45, 7) is 22.5. The van der Waals surface area contributed by atoms with E-state index < -0.39 is 0 Å². The van der Waals surface area contributed by atoms with Gasteiger partial charge in [-0.05, 0) is 56.0 Å². The van der Waals surface area contributed by atoms with Gasteiger partial charge >= 0.3 is 0 Å². The van der Waals surface area contributed by atoms with Crippen LogP contribution in [0.15, 0.2) is 47.7 Å². The van der Waals surface area contributed by atoms with E-state index in [9.17, 15) is 0 Å². The van der Waals surface area contributed by atoms with Crippen molar-refractivity contribution in [1.82, 2.24) is 0 Å². The number of nitriles is 1. The topological polar surface area (TPSA) is 56.4 Å². The maximum absolute atomic E-state index is 8.65. The summed E-state index contributed by atoms with van der Waals surface area (Å²) in [7, 11) is 3.54. The summed E-state index contributed by atoms with van der Waals surface area (Å²) in [5.41, 5.74) is 7.82. The fourth-order valence-electron chi connectivity index (χ4n) is 2.44. The summed E-state index contributed by atoms with van der Waals surface area (Å²) in [6.07, 6.45) is 3.77. The van der Waals surface area contributed by atoms with Crippen LogP contribution in [-0.4, -0.2) is 14.1 Å². The van der Waals surface area contributed by atoms with Gasteiger partial charge in [0.05, 0.1) is 12.6 Å². The predicted octanol–water partition coefficient (Wildman–Crippen LogP) is 9.52. The Morgan fingerprint density at radius 1 is 0.848 bits per heavy atom. The van der Waals surface area contributed by atoms with Crippen LogP contribution in [0.2, 0.25) is 0 Å². The molecule has 1 radical (unpaired) electrons. The fraction of sp³-hybridized carbons (Fsp3) is 0.357. The third-order valence-electron chi connectivity index (χ3n) is 4.11. The van der Waals surface area contributed by atoms with Crippen molar-refractivity contribution in [2.24, 2.45) is 0 Å². The summed E-state index contributed by atoms with van der Waals surface area (Å²) in [5, 5.41) is 16.8. The Labute approximate surface area is 227 Å². The molecule has 2 aromatic carbocycles. The van der Waals surface area contributed by atoms with Crippen LogP contribution in [0, 0.1) is 31.8 Å². The Bertz CT molecular complexity index is 881. The first-order valence-electron chi connectivity index (χ1n) is 10.9. The van der Waals surface area contributed by atoms with Gasteiger partial charge in [0, 0.05) is 38.3 Å². The van der Waals surface area contributed by atoms with E-state index in [4.69, 9.17) is 11.8 Å². The maximum atomic E-state index is 8.65. The van der Waals surface area contributed by atoms with E-state index in [0.717, 1.165) is 33.6 Å². The molecule has 5 heteroatoms. The first kappa shape index (κ1) is 35.2. The summed E-state index contributed by atoms with van der Waals surface area (Å²) < 4.78 is 0. The number of allylic oxidation sites excluding steroid dienone is 2. The van der Waals surface area contributed by atoms with Gasteiger partial charge in [0.1, 0.15) is 0 Å². The molecule has 0 unspecified atom stereocenters. The number of hydrogen-bond donors (Lipinski definition) is 0. The summed E-state index contributed by atoms with van der Waals surface area (Å²) >= 11 is 0. The van der Waals surface area contributed by atoms with E-state index in [1.54, 1.807) is 21.0 Å². The number of benzene rings is 2. The molecule has 0 N–H and O–H groups in total. The van der Waals surface area contributed by atoms with Gasteiger partial charge in [0.25, 0.3) is 0 Å². The van der Waals surface area contributed by atoms with Crippen LogP contribution in [0.4, 0.5) is 11.4 Å². The molecule has 0 aliphatic carbocycles. The Morgan fingerprint density at radius 2 is 1.24 bits per heavy atom. The largest absolute Gasteiger partial charge is 0.687 e. The Morgan fingerprint density at radius 3 is 1.55 bits per heavy atom. The van der Waals surface area contributed by atoms with Gasteiger partial charge in [-0.2, -0.15) is 5.26 Å². The van der Waals surface area contributed by atoms with E-state index in [0.29, 0.717) is 11.3 Å². The zero-order chi connectivity index (χ0) is 25.1. The molecule has 0 spiro atoms. The summed E-state index contributed by atoms with van der Waals surface area (Å²) in [5.74, 6) is 0. The molecule has 0 heterocycles. The van der Waals surface area contributed by atoms with Crippen LogP contribution in [0.25, 0.3) is 27.6 Å². The van der Waals surface area contributed by atoms with E-state index >= 15 is 0 Å². The standard InChI is InChI=1S/2C12H13N2.2C2H6.Y/c1-9-7-12(14-4)6-5-11(9)8-10(2)13-3;1-9(8-13)6-11-4-5-12(14-3)7-10(11)2;2*1-2;/h5-8H,1-2,4H3;4-7H,1-3H3;2*1-2H3;/q2*-1;;;/b10-8+;9-6-;;;. The van der Waals surface area contributed by atoms with Crippen LogP contribution in [-0.2, 0) is 32.7 Å². The number of rotatable bonds is 4. The van der Waals surface area contributed by atoms with Crippen LogP contribution in [0.3, 0.4) is 0 Å². The average molecular weight is 520 g/mol. The van der Waals surface area contributed by atoms with Crippen molar-refractivity contribution in [2.75, 3.05) is 14.1 Å². The number of hydrogen-bond acceptors (Lipinski definition) is 1. The van der Waals surface area contributed by atoms with Gasteiger partial charge in [-0.3, -0.25) is 0 Å². The van der Waals surface area contributed by atoms with Crippen molar-refractivity contribution in [2.45, 2.75) is 55.4 Å². The SMILES string of the molecule is CC.CC.C[N-]c1ccc(/C=C(/C)C#N)c(C)c1.[C-]#[N+]/C(C)=C/c1ccc([N-]C)cc1C.[Y]. The van der Waals surface area contributed by atoms with Crippen LogP contribution in [0.1, 0.15) is 63.8 Å². The molecule has 0 amide bonds. The summed E-state index contributed by atoms with van der Waals surface area (Å²) in [6, 6.07) is 14.0. The quantitative estimate of drug-likeness (QED) is 0.293. The van der Waals surface area contributed by atoms with Crippen LogP contribution < -0.4 is 0 Å². The first-order valence-corrected chi connectivity index (χ1v) is 10.9. The third-order valence-corrected chi connectivity index (χ3v) is 4.11. The van der Waals surface area contributed by atoms with Gasteiger partial charge in [0.15, 0.2) is 5.70 Å². The van der Waals surface area contributed by atoms with Gasteiger partial charge in [-0.1, -0.05) is 70.2 Å². The maximum Gasteiger partial charge on any atom is 0.163 e. The van der Waals surface area contributed by atoms with Crippen molar-refractivity contribution in [1.29, 1.82) is 5.26 Å². The first-order chi connectivity index (χ1) is 15.3. The molecule has 0 fully saturated rings. The molecule has 2 aromatic rings. The van der Waals surface area contributed by atoms with Crippen LogP contribution >= 0.6 is 0 Å². The zero-order valence-electron chi connectivity index (χ0n) is 22.0. The molecule has 175 valence electrons. The van der Waals surface area contributed by atoms with Gasteiger partial charge in [-0.25, -0.2) is 4.85 Å². The Hall–Kier alpha value is -2.40. The van der Waals surface area contributed by atoms with Gasteiger partial charge in [0.2, 0.25) is 0 Å². The molecule has 0 atom stereocenters. The molecule has 0 aliphatic heterocycles. The smallest absolute Gasteiger partial charge is 0.163 e. The Balaban J connectivity index is -0.000000461. The van der Waals surface area contributed by atoms with Crippen molar-refractivity contribution in [3.63, 3.8) is 0 Å². The van der Waals surface area contributed by atoms with E-state index in [1.807, 2.05) is 97.0 Å². The zero-order valence-corrected chi connectivity index (χ0v) is 24.8. The molecule has 0 saturated heterocycles. The second kappa shape index (κ2) is 21.4. The molecule has 0 saturated carbocycles. The van der Waals surface area contributed by atoms with E-state index in [-0.39, 0.29) is 32.7 Å². The van der Waals surface area contributed by atoms with Crippen molar-refractivity contribution >= 4 is 23.5 Å². The number of nitrogens with zero attached hydrogens (tertiary/aromatic N) is 4. The van der Waals surface area contributed by atoms with Crippen LogP contribution in [0.5, 0.6) is 0 Å². The molecule has 0 bridgehead atoms. The molecular formula is C28H38N4Y-2. The third kappa shape index (κ3) is 14.4. The molecule has 4 nitrogen and oxygen atoms in total. The monoisotopic (exact) mass is 519 g/mol. The van der Waals surface area contributed by atoms with E-state index in [2.05, 4.69) is 21.5 Å². The molecular weight excluding hydrogens is 481 g/mol. The normalized spacial score (nSPS) is 9.58. The van der Waals surface area contributed by atoms with Crippen molar-refractivity contribution in [3.8, 4) is 6.07 Å². The number of aryl methyl sites for hydroxylation is 2. The van der Waals surface area contributed by atoms with Gasteiger partial charge < -0.3 is 10.6 Å².